The van der Waals surface area contributed by atoms with E-state index >= 15 is 0 Å². The summed E-state index contributed by atoms with van der Waals surface area (Å²) >= 11 is 0. The summed E-state index contributed by atoms with van der Waals surface area (Å²) in [6.07, 6.45) is 1.01. The third-order valence-electron chi connectivity index (χ3n) is 3.17. The van der Waals surface area contributed by atoms with Crippen LogP contribution in [0.5, 0.6) is 0 Å². The first-order valence-electron chi connectivity index (χ1n) is 6.30. The Bertz CT molecular complexity index is 418. The summed E-state index contributed by atoms with van der Waals surface area (Å²) in [6.45, 7) is 6.41. The minimum Gasteiger partial charge on any atom is -0.462 e. The van der Waals surface area contributed by atoms with Crippen LogP contribution in [0.2, 0.25) is 0 Å². The van der Waals surface area contributed by atoms with Crippen LogP contribution in [0.3, 0.4) is 0 Å². The highest BCUT2D eigenvalue weighted by Gasteiger charge is 2.14. The van der Waals surface area contributed by atoms with Gasteiger partial charge in [0.05, 0.1) is 23.5 Å². The van der Waals surface area contributed by atoms with Crippen molar-refractivity contribution in [3.05, 3.63) is 23.8 Å². The monoisotopic (exact) mass is 250 g/mol. The predicted molar refractivity (Wildman–Crippen MR) is 75.0 cm³/mol. The van der Waals surface area contributed by atoms with Crippen molar-refractivity contribution in [2.45, 2.75) is 33.2 Å². The summed E-state index contributed by atoms with van der Waals surface area (Å²) in [5.74, 6) is -0.309. The van der Waals surface area contributed by atoms with Crippen molar-refractivity contribution in [1.29, 1.82) is 0 Å². The van der Waals surface area contributed by atoms with Crippen LogP contribution in [0.25, 0.3) is 0 Å². The van der Waals surface area contributed by atoms with Gasteiger partial charge < -0.3 is 15.4 Å². The standard InChI is InChI=1S/C14H22N2O2/c1-5-10(3)16(4)13-9-11(7-8-12(13)15)14(17)18-6-2/h7-10H,5-6,15H2,1-4H3. The first-order valence-corrected chi connectivity index (χ1v) is 6.30. The summed E-state index contributed by atoms with van der Waals surface area (Å²) in [7, 11) is 1.98. The number of benzene rings is 1. The average Bonchev–Trinajstić information content (AvgIpc) is 2.37. The van der Waals surface area contributed by atoms with Gasteiger partial charge in [-0.2, -0.15) is 0 Å². The number of carbonyl (C=O) groups is 1. The van der Waals surface area contributed by atoms with Gasteiger partial charge in [-0.3, -0.25) is 0 Å². The fourth-order valence-electron chi connectivity index (χ4n) is 1.70. The van der Waals surface area contributed by atoms with E-state index in [2.05, 4.69) is 18.7 Å². The summed E-state index contributed by atoms with van der Waals surface area (Å²) in [5, 5.41) is 0. The number of nitrogen functional groups attached to an aromatic ring is 1. The van der Waals surface area contributed by atoms with Crippen molar-refractivity contribution < 1.29 is 9.53 Å². The Kier molecular flexibility index (Phi) is 5.01. The zero-order valence-corrected chi connectivity index (χ0v) is 11.6. The Morgan fingerprint density at radius 1 is 1.44 bits per heavy atom. The zero-order chi connectivity index (χ0) is 13.7. The van der Waals surface area contributed by atoms with Crippen LogP contribution in [0.1, 0.15) is 37.6 Å². The lowest BCUT2D eigenvalue weighted by atomic mass is 10.1. The van der Waals surface area contributed by atoms with Crippen molar-refractivity contribution in [3.8, 4) is 0 Å². The molecular formula is C14H22N2O2. The molecule has 0 spiro atoms. The van der Waals surface area contributed by atoms with E-state index in [-0.39, 0.29) is 5.97 Å². The van der Waals surface area contributed by atoms with Crippen molar-refractivity contribution in [1.82, 2.24) is 0 Å². The lowest BCUT2D eigenvalue weighted by Gasteiger charge is -2.27. The molecule has 1 atom stereocenters. The third-order valence-corrected chi connectivity index (χ3v) is 3.17. The minimum absolute atomic E-state index is 0.309. The minimum atomic E-state index is -0.309. The predicted octanol–water partition coefficient (Wildman–Crippen LogP) is 2.68. The van der Waals surface area contributed by atoms with E-state index in [1.165, 1.54) is 0 Å². The molecule has 4 heteroatoms. The molecule has 0 radical (unpaired) electrons. The smallest absolute Gasteiger partial charge is 0.338 e. The van der Waals surface area contributed by atoms with E-state index < -0.39 is 0 Å². The quantitative estimate of drug-likeness (QED) is 0.645. The topological polar surface area (TPSA) is 55.6 Å². The van der Waals surface area contributed by atoms with Crippen LogP contribution in [-0.4, -0.2) is 25.7 Å². The van der Waals surface area contributed by atoms with Crippen molar-refractivity contribution >= 4 is 17.3 Å². The maximum atomic E-state index is 11.7. The van der Waals surface area contributed by atoms with Gasteiger partial charge in [0, 0.05) is 13.1 Å². The van der Waals surface area contributed by atoms with Crippen LogP contribution in [0.4, 0.5) is 11.4 Å². The first-order chi connectivity index (χ1) is 8.51. The van der Waals surface area contributed by atoms with Gasteiger partial charge in [-0.1, -0.05) is 6.92 Å². The van der Waals surface area contributed by atoms with Gasteiger partial charge in [-0.05, 0) is 38.5 Å². The second-order valence-electron chi connectivity index (χ2n) is 4.36. The molecule has 0 heterocycles. The molecule has 18 heavy (non-hydrogen) atoms. The van der Waals surface area contributed by atoms with Gasteiger partial charge in [0.25, 0.3) is 0 Å². The van der Waals surface area contributed by atoms with E-state index in [0.29, 0.717) is 23.9 Å². The van der Waals surface area contributed by atoms with E-state index in [9.17, 15) is 4.79 Å². The van der Waals surface area contributed by atoms with Crippen LogP contribution in [0.15, 0.2) is 18.2 Å². The SMILES string of the molecule is CCOC(=O)c1ccc(N)c(N(C)C(C)CC)c1. The van der Waals surface area contributed by atoms with E-state index in [1.54, 1.807) is 25.1 Å². The van der Waals surface area contributed by atoms with Crippen molar-refractivity contribution in [3.63, 3.8) is 0 Å². The number of carbonyl (C=O) groups excluding carboxylic acids is 1. The molecule has 4 nitrogen and oxygen atoms in total. The molecule has 0 aliphatic rings. The molecule has 0 aliphatic heterocycles. The van der Waals surface area contributed by atoms with Crippen LogP contribution < -0.4 is 10.6 Å². The molecule has 1 aromatic rings. The highest BCUT2D eigenvalue weighted by Crippen LogP contribution is 2.26. The average molecular weight is 250 g/mol. The zero-order valence-electron chi connectivity index (χ0n) is 11.6. The number of esters is 1. The van der Waals surface area contributed by atoms with Gasteiger partial charge in [-0.25, -0.2) is 4.79 Å². The lowest BCUT2D eigenvalue weighted by Crippen LogP contribution is -2.29. The van der Waals surface area contributed by atoms with Gasteiger partial charge >= 0.3 is 5.97 Å². The fraction of sp³-hybridized carbons (Fsp3) is 0.500. The Morgan fingerprint density at radius 3 is 2.67 bits per heavy atom. The summed E-state index contributed by atoms with van der Waals surface area (Å²) < 4.78 is 4.99. The molecule has 100 valence electrons. The summed E-state index contributed by atoms with van der Waals surface area (Å²) in [4.78, 5) is 13.8. The number of ether oxygens (including phenoxy) is 1. The Hall–Kier alpha value is -1.71. The fourth-order valence-corrected chi connectivity index (χ4v) is 1.70. The Labute approximate surface area is 109 Å². The lowest BCUT2D eigenvalue weighted by molar-refractivity contribution is 0.0526. The van der Waals surface area contributed by atoms with E-state index in [4.69, 9.17) is 10.5 Å². The maximum Gasteiger partial charge on any atom is 0.338 e. The van der Waals surface area contributed by atoms with Gasteiger partial charge in [0.15, 0.2) is 0 Å². The number of rotatable bonds is 5. The molecule has 0 amide bonds. The number of anilines is 2. The molecule has 0 aliphatic carbocycles. The van der Waals surface area contributed by atoms with Crippen LogP contribution in [-0.2, 0) is 4.74 Å². The Balaban J connectivity index is 3.04. The molecule has 0 aromatic heterocycles. The molecular weight excluding hydrogens is 228 g/mol. The molecule has 1 unspecified atom stereocenters. The number of nitrogens with zero attached hydrogens (tertiary/aromatic N) is 1. The second kappa shape index (κ2) is 6.28. The number of hydrogen-bond acceptors (Lipinski definition) is 4. The molecule has 2 N–H and O–H groups in total. The van der Waals surface area contributed by atoms with E-state index in [0.717, 1.165) is 12.1 Å². The summed E-state index contributed by atoms with van der Waals surface area (Å²) in [5.41, 5.74) is 8.04. The molecule has 1 rings (SSSR count). The van der Waals surface area contributed by atoms with Crippen molar-refractivity contribution in [2.75, 3.05) is 24.3 Å². The van der Waals surface area contributed by atoms with Crippen LogP contribution >= 0.6 is 0 Å². The molecule has 0 saturated heterocycles. The van der Waals surface area contributed by atoms with Crippen LogP contribution in [0, 0.1) is 0 Å². The highest BCUT2D eigenvalue weighted by molar-refractivity contribution is 5.92. The number of nitrogens with two attached hydrogens (primary N) is 1. The van der Waals surface area contributed by atoms with Gasteiger partial charge in [-0.15, -0.1) is 0 Å². The highest BCUT2D eigenvalue weighted by atomic mass is 16.5. The van der Waals surface area contributed by atoms with E-state index in [1.807, 2.05) is 7.05 Å². The van der Waals surface area contributed by atoms with Gasteiger partial charge in [0.1, 0.15) is 0 Å². The maximum absolute atomic E-state index is 11.7. The second-order valence-corrected chi connectivity index (χ2v) is 4.36. The normalized spacial score (nSPS) is 12.0. The number of hydrogen-bond donors (Lipinski definition) is 1. The summed E-state index contributed by atoms with van der Waals surface area (Å²) in [6, 6.07) is 5.60. The first kappa shape index (κ1) is 14.4. The third kappa shape index (κ3) is 3.15. The molecule has 0 saturated carbocycles. The molecule has 1 aromatic carbocycles. The largest absolute Gasteiger partial charge is 0.462 e. The molecule has 0 fully saturated rings. The van der Waals surface area contributed by atoms with Gasteiger partial charge in [0.2, 0.25) is 0 Å². The van der Waals surface area contributed by atoms with Crippen molar-refractivity contribution in [2.24, 2.45) is 0 Å². The molecule has 0 bridgehead atoms. The Morgan fingerprint density at radius 2 is 2.11 bits per heavy atom.